The third kappa shape index (κ3) is 9.35. The minimum absolute atomic E-state index is 0.572. The van der Waals surface area contributed by atoms with Crippen LogP contribution in [0.4, 0.5) is 0 Å². The van der Waals surface area contributed by atoms with Crippen molar-refractivity contribution in [3.8, 4) is 0 Å². The van der Waals surface area contributed by atoms with E-state index in [9.17, 15) is 0 Å². The van der Waals surface area contributed by atoms with Gasteiger partial charge in [-0.3, -0.25) is 0 Å². The molecule has 0 aromatic rings. The maximum Gasteiger partial charge on any atom is 0.268 e. The minimum Gasteiger partial charge on any atom is -0.544 e. The molecule has 0 saturated carbocycles. The van der Waals surface area contributed by atoms with E-state index >= 15 is 0 Å². The van der Waals surface area contributed by atoms with Gasteiger partial charge in [0.05, 0.1) is 12.7 Å². The van der Waals surface area contributed by atoms with Gasteiger partial charge in [-0.15, -0.1) is 0 Å². The molecule has 0 saturated heterocycles. The molecule has 0 aliphatic heterocycles. The Bertz CT molecular complexity index is 309. The summed E-state index contributed by atoms with van der Waals surface area (Å²) in [6.45, 7) is 17.4. The van der Waals surface area contributed by atoms with Crippen LogP contribution >= 0.6 is 0 Å². The van der Waals surface area contributed by atoms with Crippen LogP contribution in [0.1, 0.15) is 13.8 Å². The Kier molecular flexibility index (Phi) is 6.77. The summed E-state index contributed by atoms with van der Waals surface area (Å²) in [6, 6.07) is 0. The Labute approximate surface area is 114 Å². The lowest BCUT2D eigenvalue weighted by molar-refractivity contribution is 0.111. The van der Waals surface area contributed by atoms with Gasteiger partial charge in [0.15, 0.2) is 0 Å². The van der Waals surface area contributed by atoms with E-state index in [-0.39, 0.29) is 0 Å². The van der Waals surface area contributed by atoms with Crippen LogP contribution < -0.4 is 0 Å². The lowest BCUT2D eigenvalue weighted by Gasteiger charge is -2.23. The van der Waals surface area contributed by atoms with Crippen LogP contribution in [0.2, 0.25) is 39.3 Å². The average molecular weight is 289 g/mol. The Morgan fingerprint density at radius 1 is 0.944 bits per heavy atom. The largest absolute Gasteiger partial charge is 0.544 e. The minimum atomic E-state index is -1.66. The topological polar surface area (TPSA) is 27.7 Å². The Morgan fingerprint density at radius 3 is 1.78 bits per heavy atom. The van der Waals surface area contributed by atoms with E-state index in [1.165, 1.54) is 0 Å². The summed E-state index contributed by atoms with van der Waals surface area (Å²) in [5, 5.41) is 0. The fraction of sp³-hybridized carbons (Fsp3) is 0.692. The first kappa shape index (κ1) is 17.3. The van der Waals surface area contributed by atoms with Gasteiger partial charge in [-0.2, -0.15) is 0 Å². The Balaban J connectivity index is 4.91. The van der Waals surface area contributed by atoms with Gasteiger partial charge in [-0.25, -0.2) is 0 Å². The number of hydrogen-bond donors (Lipinski definition) is 0. The second-order valence-corrected chi connectivity index (χ2v) is 14.9. The van der Waals surface area contributed by atoms with Crippen molar-refractivity contribution in [1.82, 2.24) is 0 Å². The van der Waals surface area contributed by atoms with Crippen molar-refractivity contribution in [3.05, 3.63) is 23.9 Å². The molecule has 0 N–H and O–H groups in total. The molecule has 3 nitrogen and oxygen atoms in total. The van der Waals surface area contributed by atoms with E-state index in [0.717, 1.165) is 5.76 Å². The second-order valence-electron chi connectivity index (χ2n) is 6.02. The number of rotatable bonds is 7. The molecule has 18 heavy (non-hydrogen) atoms. The van der Waals surface area contributed by atoms with Crippen LogP contribution in [-0.4, -0.2) is 23.2 Å². The first-order valence-electron chi connectivity index (χ1n) is 6.46. The van der Waals surface area contributed by atoms with Crippen molar-refractivity contribution in [1.29, 1.82) is 0 Å². The lowest BCUT2D eigenvalue weighted by atomic mass is 10.4. The summed E-state index contributed by atoms with van der Waals surface area (Å²) in [5.74, 6) is 1.40. The summed E-state index contributed by atoms with van der Waals surface area (Å²) in [6.07, 6.45) is 3.81. The fourth-order valence-corrected chi connectivity index (χ4v) is 2.79. The molecule has 5 heteroatoms. The van der Waals surface area contributed by atoms with Gasteiger partial charge in [-0.1, -0.05) is 0 Å². The van der Waals surface area contributed by atoms with E-state index in [4.69, 9.17) is 13.6 Å². The van der Waals surface area contributed by atoms with E-state index in [0.29, 0.717) is 12.6 Å². The van der Waals surface area contributed by atoms with E-state index in [1.54, 1.807) is 0 Å². The summed E-state index contributed by atoms with van der Waals surface area (Å²) in [7, 11) is -3.26. The monoisotopic (exact) mass is 288 g/mol. The maximum atomic E-state index is 5.96. The fourth-order valence-electron chi connectivity index (χ4n) is 1.19. The van der Waals surface area contributed by atoms with Crippen LogP contribution in [0, 0.1) is 0 Å². The highest BCUT2D eigenvalue weighted by molar-refractivity contribution is 6.70. The molecule has 0 amide bonds. The molecule has 0 aromatic carbocycles. The summed E-state index contributed by atoms with van der Waals surface area (Å²) >= 11 is 0. The van der Waals surface area contributed by atoms with Gasteiger partial charge in [-0.05, 0) is 59.2 Å². The quantitative estimate of drug-likeness (QED) is 0.393. The zero-order chi connectivity index (χ0) is 14.4. The first-order valence-corrected chi connectivity index (χ1v) is 13.3. The molecule has 0 bridgehead atoms. The highest BCUT2D eigenvalue weighted by Crippen LogP contribution is 2.17. The number of ether oxygens (including phenoxy) is 1. The van der Waals surface area contributed by atoms with E-state index in [1.807, 2.05) is 26.0 Å². The smallest absolute Gasteiger partial charge is 0.268 e. The summed E-state index contributed by atoms with van der Waals surface area (Å²) in [5.41, 5.74) is 0. The van der Waals surface area contributed by atoms with Crippen LogP contribution in [0.15, 0.2) is 23.9 Å². The molecule has 0 spiro atoms. The highest BCUT2D eigenvalue weighted by atomic mass is 28.4. The third-order valence-corrected chi connectivity index (χ3v) is 3.32. The molecule has 0 atom stereocenters. The zero-order valence-corrected chi connectivity index (χ0v) is 15.1. The second kappa shape index (κ2) is 7.04. The van der Waals surface area contributed by atoms with Gasteiger partial charge in [0.1, 0.15) is 5.76 Å². The van der Waals surface area contributed by atoms with Crippen LogP contribution in [0.25, 0.3) is 0 Å². The van der Waals surface area contributed by atoms with Crippen molar-refractivity contribution in [2.75, 3.05) is 6.61 Å². The molecule has 0 aliphatic rings. The zero-order valence-electron chi connectivity index (χ0n) is 13.1. The van der Waals surface area contributed by atoms with Crippen LogP contribution in [0.5, 0.6) is 0 Å². The molecule has 0 unspecified atom stereocenters. The van der Waals surface area contributed by atoms with Gasteiger partial charge < -0.3 is 13.6 Å². The number of hydrogen-bond acceptors (Lipinski definition) is 3. The highest BCUT2D eigenvalue weighted by Gasteiger charge is 2.21. The van der Waals surface area contributed by atoms with Gasteiger partial charge in [0.25, 0.3) is 5.95 Å². The van der Waals surface area contributed by atoms with Crippen molar-refractivity contribution in [3.63, 3.8) is 0 Å². The van der Waals surface area contributed by atoms with Crippen molar-refractivity contribution in [2.24, 2.45) is 0 Å². The van der Waals surface area contributed by atoms with Crippen molar-refractivity contribution < 1.29 is 13.6 Å². The van der Waals surface area contributed by atoms with E-state index < -0.39 is 16.6 Å². The summed E-state index contributed by atoms with van der Waals surface area (Å²) < 4.78 is 17.4. The Morgan fingerprint density at radius 2 is 1.44 bits per heavy atom. The van der Waals surface area contributed by atoms with Crippen LogP contribution in [0.3, 0.4) is 0 Å². The van der Waals surface area contributed by atoms with E-state index in [2.05, 4.69) is 39.3 Å². The third-order valence-electron chi connectivity index (χ3n) is 1.66. The molecule has 0 aliphatic carbocycles. The molecule has 0 radical (unpaired) electrons. The SMILES string of the molecule is C/C=C(\C=C(\OCC)O[Si](C)(C)C)O[Si](C)(C)C. The van der Waals surface area contributed by atoms with Gasteiger partial charge >= 0.3 is 0 Å². The van der Waals surface area contributed by atoms with Gasteiger partial charge in [0, 0.05) is 0 Å². The molecule has 0 rings (SSSR count). The molecule has 0 aromatic heterocycles. The molecule has 0 fully saturated rings. The molecular weight excluding hydrogens is 260 g/mol. The molecule has 106 valence electrons. The van der Waals surface area contributed by atoms with Crippen molar-refractivity contribution >= 4 is 16.6 Å². The van der Waals surface area contributed by atoms with Gasteiger partial charge in [0.2, 0.25) is 16.6 Å². The number of allylic oxidation sites excluding steroid dienone is 2. The average Bonchev–Trinajstić information content (AvgIpc) is 2.12. The lowest BCUT2D eigenvalue weighted by Crippen LogP contribution is -2.27. The summed E-state index contributed by atoms with van der Waals surface area (Å²) in [4.78, 5) is 0. The predicted molar refractivity (Wildman–Crippen MR) is 82.3 cm³/mol. The van der Waals surface area contributed by atoms with Crippen molar-refractivity contribution in [2.45, 2.75) is 53.1 Å². The molecule has 0 heterocycles. The normalized spacial score (nSPS) is 14.4. The molecular formula is C13H28O3Si2. The van der Waals surface area contributed by atoms with Crippen LogP contribution in [-0.2, 0) is 13.6 Å². The standard InChI is InChI=1S/C13H28O3Si2/c1-9-12(15-17(3,4)5)11-13(14-10-2)16-18(6,7)8/h9,11H,10H2,1-8H3/b12-9+,13-11-. The predicted octanol–water partition coefficient (Wildman–Crippen LogP) is 4.47. The Hall–Kier alpha value is -0.686. The first-order chi connectivity index (χ1) is 8.07. The maximum absolute atomic E-state index is 5.96.